The van der Waals surface area contributed by atoms with Crippen LogP contribution in [0.5, 0.6) is 28.7 Å². The van der Waals surface area contributed by atoms with Crippen LogP contribution in [0.3, 0.4) is 0 Å². The van der Waals surface area contributed by atoms with Crippen molar-refractivity contribution in [3.63, 3.8) is 0 Å². The smallest absolute Gasteiger partial charge is 0.271 e. The van der Waals surface area contributed by atoms with E-state index >= 15 is 0 Å². The van der Waals surface area contributed by atoms with Crippen molar-refractivity contribution in [2.45, 2.75) is 11.9 Å². The Balaban J connectivity index is 2.34. The van der Waals surface area contributed by atoms with Gasteiger partial charge in [0.15, 0.2) is 17.6 Å². The number of aromatic hydroxyl groups is 2. The summed E-state index contributed by atoms with van der Waals surface area (Å²) in [7, 11) is 5.23. The van der Waals surface area contributed by atoms with Crippen molar-refractivity contribution in [3.8, 4) is 28.7 Å². The average molecular weight is 376 g/mol. The molecule has 0 saturated heterocycles. The lowest BCUT2D eigenvalue weighted by Gasteiger charge is -2.42. The standard InChI is InChI=1S/C19H20O8/c1-23-16-12(20)11-13(21)18(25-3)19(26-4,10-8-6-5-7-9-10)27-15(11)17(24-2)14(16)22/h5-9,18,20,22H,1-4H3. The monoisotopic (exact) mass is 376 g/mol. The third-order valence-electron chi connectivity index (χ3n) is 4.52. The minimum absolute atomic E-state index is 0.167. The summed E-state index contributed by atoms with van der Waals surface area (Å²) < 4.78 is 27.3. The maximum atomic E-state index is 13.2. The van der Waals surface area contributed by atoms with Crippen LogP contribution in [0.2, 0.25) is 0 Å². The molecule has 0 aliphatic carbocycles. The van der Waals surface area contributed by atoms with E-state index in [0.717, 1.165) is 0 Å². The van der Waals surface area contributed by atoms with Crippen LogP contribution in [0.4, 0.5) is 0 Å². The first-order valence-electron chi connectivity index (χ1n) is 8.03. The van der Waals surface area contributed by atoms with Crippen LogP contribution >= 0.6 is 0 Å². The van der Waals surface area contributed by atoms with Gasteiger partial charge in [-0.15, -0.1) is 0 Å². The number of carbonyl (C=O) groups is 1. The summed E-state index contributed by atoms with van der Waals surface area (Å²) in [5.74, 6) is -3.98. The average Bonchev–Trinajstić information content (AvgIpc) is 2.68. The number of ketones is 1. The van der Waals surface area contributed by atoms with Crippen LogP contribution < -0.4 is 14.2 Å². The summed E-state index contributed by atoms with van der Waals surface area (Å²) in [4.78, 5) is 13.2. The zero-order valence-corrected chi connectivity index (χ0v) is 15.3. The van der Waals surface area contributed by atoms with Gasteiger partial charge >= 0.3 is 0 Å². The molecule has 2 unspecified atom stereocenters. The molecule has 0 saturated carbocycles. The van der Waals surface area contributed by atoms with Gasteiger partial charge in [0.2, 0.25) is 23.0 Å². The summed E-state index contributed by atoms with van der Waals surface area (Å²) in [5.41, 5.74) is 0.284. The molecule has 2 aromatic carbocycles. The van der Waals surface area contributed by atoms with Crippen molar-refractivity contribution in [2.24, 2.45) is 0 Å². The van der Waals surface area contributed by atoms with Crippen molar-refractivity contribution in [2.75, 3.05) is 28.4 Å². The topological polar surface area (TPSA) is 104 Å². The summed E-state index contributed by atoms with van der Waals surface area (Å²) in [6.45, 7) is 0. The quantitative estimate of drug-likeness (QED) is 0.819. The second kappa shape index (κ2) is 6.98. The minimum atomic E-state index is -1.65. The first kappa shape index (κ1) is 18.8. The number of ether oxygens (including phenoxy) is 5. The maximum absolute atomic E-state index is 13.2. The number of rotatable bonds is 5. The van der Waals surface area contributed by atoms with Gasteiger partial charge in [-0.1, -0.05) is 30.3 Å². The van der Waals surface area contributed by atoms with E-state index in [1.807, 2.05) is 0 Å². The number of hydrogen-bond acceptors (Lipinski definition) is 8. The zero-order valence-electron chi connectivity index (χ0n) is 15.3. The highest BCUT2D eigenvalue weighted by Crippen LogP contribution is 2.57. The van der Waals surface area contributed by atoms with Crippen LogP contribution in [-0.4, -0.2) is 50.5 Å². The number of carbonyl (C=O) groups excluding carboxylic acids is 1. The van der Waals surface area contributed by atoms with Crippen LogP contribution in [-0.2, 0) is 15.3 Å². The molecule has 1 heterocycles. The number of Topliss-reactive ketones (excluding diaryl/α,β-unsaturated/α-hetero) is 1. The third kappa shape index (κ3) is 2.56. The summed E-state index contributed by atoms with van der Waals surface area (Å²) >= 11 is 0. The number of phenolic OH excluding ortho intramolecular Hbond substituents is 2. The molecule has 0 bridgehead atoms. The SMILES string of the molecule is COc1c(O)c(OC)c2c(c1O)C(=O)C(OC)C(OC)(c1ccccc1)O2. The van der Waals surface area contributed by atoms with E-state index in [9.17, 15) is 15.0 Å². The molecular formula is C19H20O8. The lowest BCUT2D eigenvalue weighted by molar-refractivity contribution is -0.230. The van der Waals surface area contributed by atoms with Gasteiger partial charge in [-0.2, -0.15) is 0 Å². The molecule has 2 atom stereocenters. The van der Waals surface area contributed by atoms with Gasteiger partial charge < -0.3 is 33.9 Å². The molecule has 2 N–H and O–H groups in total. The molecule has 1 aliphatic rings. The Hall–Kier alpha value is -2.97. The fraction of sp³-hybridized carbons (Fsp3) is 0.316. The molecule has 0 fully saturated rings. The fourth-order valence-corrected chi connectivity index (χ4v) is 3.28. The Morgan fingerprint density at radius 1 is 0.963 bits per heavy atom. The highest BCUT2D eigenvalue weighted by Gasteiger charge is 2.55. The molecule has 8 heteroatoms. The van der Waals surface area contributed by atoms with Crippen molar-refractivity contribution >= 4 is 5.78 Å². The third-order valence-corrected chi connectivity index (χ3v) is 4.52. The van der Waals surface area contributed by atoms with Gasteiger partial charge in [-0.25, -0.2) is 0 Å². The second-order valence-electron chi connectivity index (χ2n) is 5.79. The molecule has 8 nitrogen and oxygen atoms in total. The molecule has 27 heavy (non-hydrogen) atoms. The number of phenols is 2. The Labute approximate surface area is 155 Å². The molecule has 0 spiro atoms. The van der Waals surface area contributed by atoms with Gasteiger partial charge in [0.05, 0.1) is 14.2 Å². The Kier molecular flexibility index (Phi) is 4.86. The predicted molar refractivity (Wildman–Crippen MR) is 93.8 cm³/mol. The van der Waals surface area contributed by atoms with Crippen molar-refractivity contribution in [1.82, 2.24) is 0 Å². The molecule has 0 radical (unpaired) electrons. The molecule has 144 valence electrons. The van der Waals surface area contributed by atoms with E-state index in [-0.39, 0.29) is 22.8 Å². The van der Waals surface area contributed by atoms with Gasteiger partial charge in [-0.05, 0) is 0 Å². The number of hydrogen-bond donors (Lipinski definition) is 2. The predicted octanol–water partition coefficient (Wildman–Crippen LogP) is 2.20. The van der Waals surface area contributed by atoms with E-state index in [0.29, 0.717) is 5.56 Å². The van der Waals surface area contributed by atoms with E-state index in [2.05, 4.69) is 0 Å². The lowest BCUT2D eigenvalue weighted by atomic mass is 9.89. The minimum Gasteiger partial charge on any atom is -0.504 e. The summed E-state index contributed by atoms with van der Waals surface area (Å²) in [5, 5.41) is 20.9. The fourth-order valence-electron chi connectivity index (χ4n) is 3.28. The highest BCUT2D eigenvalue weighted by atomic mass is 16.7. The maximum Gasteiger partial charge on any atom is 0.271 e. The zero-order chi connectivity index (χ0) is 19.8. The number of methoxy groups -OCH3 is 4. The largest absolute Gasteiger partial charge is 0.504 e. The second-order valence-corrected chi connectivity index (χ2v) is 5.79. The molecule has 0 aromatic heterocycles. The number of benzene rings is 2. The van der Waals surface area contributed by atoms with Crippen LogP contribution in [0.25, 0.3) is 0 Å². The normalized spacial score (nSPS) is 21.3. The lowest BCUT2D eigenvalue weighted by Crippen LogP contribution is -2.54. The van der Waals surface area contributed by atoms with Gasteiger partial charge in [0, 0.05) is 19.8 Å². The van der Waals surface area contributed by atoms with E-state index in [1.165, 1.54) is 28.4 Å². The Bertz CT molecular complexity index is 864. The Morgan fingerprint density at radius 3 is 2.11 bits per heavy atom. The van der Waals surface area contributed by atoms with Crippen LogP contribution in [0, 0.1) is 0 Å². The van der Waals surface area contributed by atoms with Gasteiger partial charge in [-0.3, -0.25) is 4.79 Å². The van der Waals surface area contributed by atoms with E-state index < -0.39 is 29.2 Å². The first-order chi connectivity index (χ1) is 13.0. The van der Waals surface area contributed by atoms with Gasteiger partial charge in [0.25, 0.3) is 5.79 Å². The molecule has 2 aromatic rings. The first-order valence-corrected chi connectivity index (χ1v) is 8.03. The molecule has 1 aliphatic heterocycles. The van der Waals surface area contributed by atoms with Crippen molar-refractivity contribution in [1.29, 1.82) is 0 Å². The molecular weight excluding hydrogens is 356 g/mol. The van der Waals surface area contributed by atoms with Crippen LogP contribution in [0.15, 0.2) is 30.3 Å². The number of fused-ring (bicyclic) bond motifs is 1. The van der Waals surface area contributed by atoms with E-state index in [4.69, 9.17) is 23.7 Å². The highest BCUT2D eigenvalue weighted by molar-refractivity contribution is 6.08. The van der Waals surface area contributed by atoms with Crippen molar-refractivity contribution in [3.05, 3.63) is 41.5 Å². The Morgan fingerprint density at radius 2 is 1.59 bits per heavy atom. The molecule has 3 rings (SSSR count). The van der Waals surface area contributed by atoms with Crippen molar-refractivity contribution < 1.29 is 38.7 Å². The summed E-state index contributed by atoms with van der Waals surface area (Å²) in [6, 6.07) is 8.74. The van der Waals surface area contributed by atoms with Gasteiger partial charge in [0.1, 0.15) is 5.56 Å². The molecule has 0 amide bonds. The van der Waals surface area contributed by atoms with Crippen LogP contribution in [0.1, 0.15) is 15.9 Å². The summed E-state index contributed by atoms with van der Waals surface area (Å²) in [6.07, 6.45) is -1.23. The van der Waals surface area contributed by atoms with E-state index in [1.54, 1.807) is 30.3 Å².